The van der Waals surface area contributed by atoms with Gasteiger partial charge in [0.2, 0.25) is 5.91 Å². The van der Waals surface area contributed by atoms with Crippen LogP contribution in [0.3, 0.4) is 0 Å². The molecule has 0 bridgehead atoms. The number of carbonyl (C=O) groups excluding carboxylic acids is 1. The second kappa shape index (κ2) is 6.96. The number of rotatable bonds is 5. The number of aromatic nitrogens is 3. The zero-order chi connectivity index (χ0) is 18.1. The Morgan fingerprint density at radius 1 is 1.31 bits per heavy atom. The number of hydrogen-bond acceptors (Lipinski definition) is 3. The number of fused-ring (bicyclic) bond motifs is 1. The van der Waals surface area contributed by atoms with Crippen LogP contribution in [0.1, 0.15) is 50.0 Å². The molecule has 6 heteroatoms. The third-order valence-corrected chi connectivity index (χ3v) is 5.15. The molecule has 0 spiro atoms. The van der Waals surface area contributed by atoms with Gasteiger partial charge in [-0.2, -0.15) is 5.10 Å². The Morgan fingerprint density at radius 2 is 2.19 bits per heavy atom. The largest absolute Gasteiger partial charge is 0.361 e. The lowest BCUT2D eigenvalue weighted by molar-refractivity contribution is -0.124. The van der Waals surface area contributed by atoms with E-state index in [1.54, 1.807) is 0 Å². The maximum absolute atomic E-state index is 12.0. The molecule has 2 aromatic heterocycles. The summed E-state index contributed by atoms with van der Waals surface area (Å²) in [6, 6.07) is 10.8. The zero-order valence-electron chi connectivity index (χ0n) is 15.2. The molecular weight excluding hydrogens is 326 g/mol. The highest BCUT2D eigenvalue weighted by atomic mass is 16.1. The van der Waals surface area contributed by atoms with Crippen molar-refractivity contribution in [2.75, 3.05) is 0 Å². The highest BCUT2D eigenvalue weighted by molar-refractivity contribution is 5.82. The molecule has 3 N–H and O–H groups in total. The summed E-state index contributed by atoms with van der Waals surface area (Å²) < 4.78 is 2.00. The average molecular weight is 351 g/mol. The molecule has 3 aromatic rings. The lowest BCUT2D eigenvalue weighted by Gasteiger charge is -2.34. The fourth-order valence-electron chi connectivity index (χ4n) is 3.85. The van der Waals surface area contributed by atoms with E-state index in [1.165, 1.54) is 10.9 Å². The van der Waals surface area contributed by atoms with Crippen LogP contribution in [-0.2, 0) is 11.3 Å². The van der Waals surface area contributed by atoms with Crippen molar-refractivity contribution in [2.24, 2.45) is 0 Å². The molecule has 1 saturated heterocycles. The number of piperidine rings is 1. The Labute approximate surface area is 153 Å². The first-order valence-corrected chi connectivity index (χ1v) is 9.24. The molecule has 0 radical (unpaired) electrons. The highest BCUT2D eigenvalue weighted by Crippen LogP contribution is 2.27. The van der Waals surface area contributed by atoms with Crippen LogP contribution < -0.4 is 10.6 Å². The van der Waals surface area contributed by atoms with Crippen LogP contribution in [-0.4, -0.2) is 26.7 Å². The molecule has 136 valence electrons. The van der Waals surface area contributed by atoms with Crippen molar-refractivity contribution in [1.29, 1.82) is 0 Å². The van der Waals surface area contributed by atoms with Crippen LogP contribution in [0.4, 0.5) is 0 Å². The highest BCUT2D eigenvalue weighted by Gasteiger charge is 2.32. The topological polar surface area (TPSA) is 74.7 Å². The summed E-state index contributed by atoms with van der Waals surface area (Å²) >= 11 is 0. The van der Waals surface area contributed by atoms with E-state index in [2.05, 4.69) is 58.8 Å². The van der Waals surface area contributed by atoms with Gasteiger partial charge in [0.05, 0.1) is 11.7 Å². The Hall–Kier alpha value is -2.60. The summed E-state index contributed by atoms with van der Waals surface area (Å²) in [5.41, 5.74) is 3.47. The van der Waals surface area contributed by atoms with Crippen LogP contribution in [0.2, 0.25) is 0 Å². The Kier molecular flexibility index (Phi) is 4.51. The maximum atomic E-state index is 12.0. The predicted octanol–water partition coefficient (Wildman–Crippen LogP) is 3.05. The van der Waals surface area contributed by atoms with Gasteiger partial charge in [0.25, 0.3) is 0 Å². The van der Waals surface area contributed by atoms with Gasteiger partial charge in [-0.1, -0.05) is 12.1 Å². The molecule has 1 aliphatic heterocycles. The van der Waals surface area contributed by atoms with E-state index in [0.717, 1.165) is 24.2 Å². The smallest absolute Gasteiger partial charge is 0.220 e. The zero-order valence-corrected chi connectivity index (χ0v) is 15.2. The minimum absolute atomic E-state index is 0.0634. The monoisotopic (exact) mass is 351 g/mol. The number of nitrogens with one attached hydrogen (secondary N) is 3. The number of hydrogen-bond donors (Lipinski definition) is 3. The third kappa shape index (κ3) is 3.12. The summed E-state index contributed by atoms with van der Waals surface area (Å²) in [4.78, 5) is 15.3. The second-order valence-electron chi connectivity index (χ2n) is 7.22. The number of carbonyl (C=O) groups is 1. The first-order chi connectivity index (χ1) is 12.6. The van der Waals surface area contributed by atoms with E-state index in [4.69, 9.17) is 0 Å². The summed E-state index contributed by atoms with van der Waals surface area (Å²) in [6.07, 6.45) is 5.16. The van der Waals surface area contributed by atoms with Crippen LogP contribution in [0.5, 0.6) is 0 Å². The van der Waals surface area contributed by atoms with Gasteiger partial charge < -0.3 is 15.6 Å². The molecule has 0 aliphatic carbocycles. The number of amides is 1. The SMILES string of the molecule is CC(C)n1nccc1[C@@H]1NC(=O)CC[C@H]1NCc1cccc2[nH]ccc12. The van der Waals surface area contributed by atoms with Crippen molar-refractivity contribution in [3.63, 3.8) is 0 Å². The van der Waals surface area contributed by atoms with Gasteiger partial charge in [0.15, 0.2) is 0 Å². The van der Waals surface area contributed by atoms with Crippen LogP contribution >= 0.6 is 0 Å². The van der Waals surface area contributed by atoms with Crippen LogP contribution in [0.25, 0.3) is 10.9 Å². The van der Waals surface area contributed by atoms with Gasteiger partial charge in [0.1, 0.15) is 0 Å². The van der Waals surface area contributed by atoms with Gasteiger partial charge in [0, 0.05) is 48.3 Å². The molecule has 4 rings (SSSR count). The molecule has 26 heavy (non-hydrogen) atoms. The summed E-state index contributed by atoms with van der Waals surface area (Å²) in [5, 5.41) is 12.5. The quantitative estimate of drug-likeness (QED) is 0.661. The fourth-order valence-corrected chi connectivity index (χ4v) is 3.85. The number of aromatic amines is 1. The first-order valence-electron chi connectivity index (χ1n) is 9.24. The predicted molar refractivity (Wildman–Crippen MR) is 102 cm³/mol. The molecule has 1 aromatic carbocycles. The van der Waals surface area contributed by atoms with Gasteiger partial charge in [-0.25, -0.2) is 0 Å². The van der Waals surface area contributed by atoms with Crippen molar-refractivity contribution in [2.45, 2.75) is 51.4 Å². The molecule has 0 saturated carbocycles. The van der Waals surface area contributed by atoms with Crippen molar-refractivity contribution in [3.05, 3.63) is 54.0 Å². The number of nitrogens with zero attached hydrogens (tertiary/aromatic N) is 2. The van der Waals surface area contributed by atoms with Gasteiger partial charge in [-0.3, -0.25) is 9.48 Å². The van der Waals surface area contributed by atoms with E-state index in [-0.39, 0.29) is 24.0 Å². The van der Waals surface area contributed by atoms with E-state index in [1.807, 2.05) is 23.1 Å². The average Bonchev–Trinajstić information content (AvgIpc) is 3.30. The maximum Gasteiger partial charge on any atom is 0.220 e. The molecular formula is C20H25N5O. The molecule has 6 nitrogen and oxygen atoms in total. The van der Waals surface area contributed by atoms with Crippen molar-refractivity contribution in [3.8, 4) is 0 Å². The van der Waals surface area contributed by atoms with E-state index < -0.39 is 0 Å². The Morgan fingerprint density at radius 3 is 3.04 bits per heavy atom. The summed E-state index contributed by atoms with van der Waals surface area (Å²) in [5.74, 6) is 0.109. The molecule has 3 heterocycles. The molecule has 1 fully saturated rings. The third-order valence-electron chi connectivity index (χ3n) is 5.15. The van der Waals surface area contributed by atoms with Crippen molar-refractivity contribution >= 4 is 16.8 Å². The normalized spacial score (nSPS) is 20.7. The van der Waals surface area contributed by atoms with E-state index in [0.29, 0.717) is 6.42 Å². The number of benzene rings is 1. The summed E-state index contributed by atoms with van der Waals surface area (Å²) in [6.45, 7) is 4.98. The van der Waals surface area contributed by atoms with Crippen molar-refractivity contribution in [1.82, 2.24) is 25.4 Å². The minimum Gasteiger partial charge on any atom is -0.361 e. The van der Waals surface area contributed by atoms with Gasteiger partial charge in [-0.05, 0) is 44.0 Å². The summed E-state index contributed by atoms with van der Waals surface area (Å²) in [7, 11) is 0. The second-order valence-corrected chi connectivity index (χ2v) is 7.22. The Balaban J connectivity index is 1.56. The fraction of sp³-hybridized carbons (Fsp3) is 0.400. The minimum atomic E-state index is -0.0634. The molecule has 0 unspecified atom stereocenters. The standard InChI is InChI=1S/C20H25N5O/c1-13(2)25-18(9-11-23-25)20-17(6-7-19(26)24-20)22-12-14-4-3-5-16-15(14)8-10-21-16/h3-5,8-11,13,17,20-22H,6-7,12H2,1-2H3,(H,24,26)/t17-,20-/m1/s1. The van der Waals surface area contributed by atoms with Gasteiger partial charge in [-0.15, -0.1) is 0 Å². The molecule has 2 atom stereocenters. The number of H-pyrrole nitrogens is 1. The first kappa shape index (κ1) is 16.8. The van der Waals surface area contributed by atoms with E-state index in [9.17, 15) is 4.79 Å². The van der Waals surface area contributed by atoms with Crippen LogP contribution in [0, 0.1) is 0 Å². The van der Waals surface area contributed by atoms with E-state index >= 15 is 0 Å². The van der Waals surface area contributed by atoms with Crippen molar-refractivity contribution < 1.29 is 4.79 Å². The lowest BCUT2D eigenvalue weighted by atomic mass is 9.94. The van der Waals surface area contributed by atoms with Crippen LogP contribution in [0.15, 0.2) is 42.7 Å². The Bertz CT molecular complexity index is 910. The molecule has 1 amide bonds. The van der Waals surface area contributed by atoms with Gasteiger partial charge >= 0.3 is 0 Å². The lowest BCUT2D eigenvalue weighted by Crippen LogP contribution is -2.48. The molecule has 1 aliphatic rings.